The maximum Gasteiger partial charge on any atom is 0.168 e. The van der Waals surface area contributed by atoms with Crippen molar-refractivity contribution in [2.75, 3.05) is 26.3 Å². The van der Waals surface area contributed by atoms with Crippen molar-refractivity contribution in [1.29, 1.82) is 0 Å². The van der Waals surface area contributed by atoms with E-state index >= 15 is 0 Å². The van der Waals surface area contributed by atoms with Crippen LogP contribution in [0, 0.1) is 17.6 Å². The summed E-state index contributed by atoms with van der Waals surface area (Å²) < 4.78 is 37.9. The molecule has 5 heteroatoms. The lowest BCUT2D eigenvalue weighted by molar-refractivity contribution is 0.0613. The highest BCUT2D eigenvalue weighted by atomic mass is 19.1. The second kappa shape index (κ2) is 5.52. The summed E-state index contributed by atoms with van der Waals surface area (Å²) >= 11 is 0. The quantitative estimate of drug-likeness (QED) is 0.755. The Labute approximate surface area is 103 Å². The summed E-state index contributed by atoms with van der Waals surface area (Å²) in [5, 5.41) is 0. The van der Waals surface area contributed by atoms with Crippen LogP contribution < -0.4 is 0 Å². The molecule has 2 rings (SSSR count). The Morgan fingerprint density at radius 2 is 1.83 bits per heavy atom. The van der Waals surface area contributed by atoms with E-state index in [1.165, 1.54) is 0 Å². The number of nitrogens with zero attached hydrogens (tertiary/aromatic N) is 1. The zero-order valence-corrected chi connectivity index (χ0v) is 9.83. The van der Waals surface area contributed by atoms with Gasteiger partial charge < -0.3 is 4.90 Å². The van der Waals surface area contributed by atoms with Crippen LogP contribution in [0.25, 0.3) is 0 Å². The molecule has 0 amide bonds. The van der Waals surface area contributed by atoms with E-state index in [4.69, 9.17) is 0 Å². The molecule has 1 aliphatic heterocycles. The van der Waals surface area contributed by atoms with Gasteiger partial charge in [0.2, 0.25) is 0 Å². The second-order valence-corrected chi connectivity index (χ2v) is 4.52. The Hall–Kier alpha value is -1.36. The van der Waals surface area contributed by atoms with Crippen molar-refractivity contribution in [3.05, 3.63) is 35.4 Å². The molecule has 0 aromatic heterocycles. The summed E-state index contributed by atoms with van der Waals surface area (Å²) in [6.07, 6.45) is 0.454. The van der Waals surface area contributed by atoms with Crippen molar-refractivity contribution in [1.82, 2.24) is 4.90 Å². The molecule has 0 N–H and O–H groups in total. The number of halogens is 3. The smallest absolute Gasteiger partial charge is 0.168 e. The predicted octanol–water partition coefficient (Wildman–Crippen LogP) is 2.44. The molecule has 1 aromatic carbocycles. The predicted molar refractivity (Wildman–Crippen MR) is 61.2 cm³/mol. The molecule has 2 nitrogen and oxygen atoms in total. The average Bonchev–Trinajstić information content (AvgIpc) is 2.25. The van der Waals surface area contributed by atoms with Crippen LogP contribution in [0.4, 0.5) is 13.2 Å². The van der Waals surface area contributed by atoms with Gasteiger partial charge in [-0.3, -0.25) is 9.18 Å². The molecule has 1 heterocycles. The largest absolute Gasteiger partial charge is 0.302 e. The highest BCUT2D eigenvalue weighted by Crippen LogP contribution is 2.21. The van der Waals surface area contributed by atoms with Gasteiger partial charge in [-0.25, -0.2) is 8.78 Å². The first-order valence-corrected chi connectivity index (χ1v) is 5.89. The van der Waals surface area contributed by atoms with E-state index in [0.29, 0.717) is 26.1 Å². The monoisotopic (exact) mass is 257 g/mol. The highest BCUT2D eigenvalue weighted by molar-refractivity contribution is 5.98. The number of Topliss-reactive ketones (excluding diaryl/α,β-unsaturated/α-hetero) is 1. The van der Waals surface area contributed by atoms with Gasteiger partial charge >= 0.3 is 0 Å². The van der Waals surface area contributed by atoms with E-state index in [1.807, 2.05) is 4.90 Å². The van der Waals surface area contributed by atoms with E-state index in [2.05, 4.69) is 0 Å². The number of carbonyl (C=O) groups excluding carboxylic acids is 1. The van der Waals surface area contributed by atoms with E-state index in [-0.39, 0.29) is 23.9 Å². The molecule has 98 valence electrons. The molecule has 0 unspecified atom stereocenters. The summed E-state index contributed by atoms with van der Waals surface area (Å²) in [4.78, 5) is 13.9. The van der Waals surface area contributed by atoms with Crippen LogP contribution in [0.5, 0.6) is 0 Å². The van der Waals surface area contributed by atoms with Crippen molar-refractivity contribution in [3.8, 4) is 0 Å². The third-order valence-electron chi connectivity index (χ3n) is 3.08. The van der Waals surface area contributed by atoms with Crippen LogP contribution >= 0.6 is 0 Å². The number of hydrogen-bond donors (Lipinski definition) is 0. The normalized spacial score (nSPS) is 16.6. The van der Waals surface area contributed by atoms with Crippen molar-refractivity contribution in [2.24, 2.45) is 5.92 Å². The first-order valence-electron chi connectivity index (χ1n) is 5.89. The summed E-state index contributed by atoms with van der Waals surface area (Å²) in [5.41, 5.74) is 0.0719. The molecular weight excluding hydrogens is 243 g/mol. The fourth-order valence-electron chi connectivity index (χ4n) is 2.13. The maximum absolute atomic E-state index is 13.0. The Bertz CT molecular complexity index is 424. The second-order valence-electron chi connectivity index (χ2n) is 4.52. The Morgan fingerprint density at radius 3 is 2.39 bits per heavy atom. The van der Waals surface area contributed by atoms with E-state index in [1.54, 1.807) is 0 Å². The fourth-order valence-corrected chi connectivity index (χ4v) is 2.13. The lowest BCUT2D eigenvalue weighted by Gasteiger charge is -2.38. The molecule has 0 atom stereocenters. The van der Waals surface area contributed by atoms with E-state index < -0.39 is 11.6 Å². The van der Waals surface area contributed by atoms with Gasteiger partial charge in [0.15, 0.2) is 5.78 Å². The summed E-state index contributed by atoms with van der Waals surface area (Å²) in [6, 6.07) is 2.84. The minimum absolute atomic E-state index is 0.0719. The Kier molecular flexibility index (Phi) is 4.01. The first-order chi connectivity index (χ1) is 8.60. The molecule has 1 aliphatic rings. The number of likely N-dealkylation sites (tertiary alicyclic amines) is 1. The molecule has 1 saturated heterocycles. The average molecular weight is 257 g/mol. The molecule has 1 fully saturated rings. The topological polar surface area (TPSA) is 20.3 Å². The molecule has 1 aromatic rings. The molecule has 0 radical (unpaired) electrons. The molecule has 18 heavy (non-hydrogen) atoms. The lowest BCUT2D eigenvalue weighted by atomic mass is 9.90. The zero-order chi connectivity index (χ0) is 13.1. The van der Waals surface area contributed by atoms with Crippen LogP contribution in [-0.2, 0) is 0 Å². The van der Waals surface area contributed by atoms with Crippen molar-refractivity contribution < 1.29 is 18.0 Å². The standard InChI is InChI=1S/C13H14F3NO/c14-2-1-3-17-7-10(8-17)13(18)9-4-11(15)6-12(16)5-9/h4-6,10H,1-3,7-8H2. The number of benzene rings is 1. The highest BCUT2D eigenvalue weighted by Gasteiger charge is 2.32. The van der Waals surface area contributed by atoms with Crippen molar-refractivity contribution in [2.45, 2.75) is 6.42 Å². The Balaban J connectivity index is 1.93. The summed E-state index contributed by atoms with van der Waals surface area (Å²) in [6.45, 7) is 1.33. The van der Waals surface area contributed by atoms with Gasteiger partial charge in [-0.2, -0.15) is 0 Å². The van der Waals surface area contributed by atoms with Gasteiger partial charge in [0.1, 0.15) is 11.6 Å². The van der Waals surface area contributed by atoms with Crippen LogP contribution in [-0.4, -0.2) is 37.0 Å². The molecule has 0 bridgehead atoms. The Morgan fingerprint density at radius 1 is 1.22 bits per heavy atom. The SMILES string of the molecule is O=C(c1cc(F)cc(F)c1)C1CN(CCCF)C1. The first kappa shape index (κ1) is 13.1. The third kappa shape index (κ3) is 2.90. The van der Waals surface area contributed by atoms with Gasteiger partial charge in [-0.05, 0) is 18.6 Å². The minimum Gasteiger partial charge on any atom is -0.302 e. The number of ketones is 1. The number of carbonyl (C=O) groups is 1. The zero-order valence-electron chi connectivity index (χ0n) is 9.83. The van der Waals surface area contributed by atoms with Crippen LogP contribution in [0.15, 0.2) is 18.2 Å². The molecule has 0 saturated carbocycles. The molecule has 0 spiro atoms. The number of rotatable bonds is 5. The van der Waals surface area contributed by atoms with Crippen molar-refractivity contribution >= 4 is 5.78 Å². The fraction of sp³-hybridized carbons (Fsp3) is 0.462. The van der Waals surface area contributed by atoms with Crippen LogP contribution in [0.3, 0.4) is 0 Å². The summed E-state index contributed by atoms with van der Waals surface area (Å²) in [7, 11) is 0. The van der Waals surface area contributed by atoms with Gasteiger partial charge in [0.25, 0.3) is 0 Å². The molecule has 0 aliphatic carbocycles. The van der Waals surface area contributed by atoms with Crippen molar-refractivity contribution in [3.63, 3.8) is 0 Å². The van der Waals surface area contributed by atoms with E-state index in [0.717, 1.165) is 18.2 Å². The lowest BCUT2D eigenvalue weighted by Crippen LogP contribution is -2.50. The maximum atomic E-state index is 13.0. The number of hydrogen-bond acceptors (Lipinski definition) is 2. The third-order valence-corrected chi connectivity index (χ3v) is 3.08. The van der Waals surface area contributed by atoms with Gasteiger partial charge in [0, 0.05) is 37.2 Å². The van der Waals surface area contributed by atoms with E-state index in [9.17, 15) is 18.0 Å². The van der Waals surface area contributed by atoms with Crippen LogP contribution in [0.2, 0.25) is 0 Å². The van der Waals surface area contributed by atoms with Crippen LogP contribution in [0.1, 0.15) is 16.8 Å². The van der Waals surface area contributed by atoms with Gasteiger partial charge in [-0.15, -0.1) is 0 Å². The van der Waals surface area contributed by atoms with Gasteiger partial charge in [-0.1, -0.05) is 0 Å². The number of alkyl halides is 1. The minimum atomic E-state index is -0.744. The molecular formula is C13H14F3NO. The summed E-state index contributed by atoms with van der Waals surface area (Å²) in [5.74, 6) is -1.96. The van der Waals surface area contributed by atoms with Gasteiger partial charge in [0.05, 0.1) is 6.67 Å².